The fraction of sp³-hybridized carbons (Fsp3) is 0.107. The number of aliphatic hydroxyl groups excluding tert-OH is 5. The lowest BCUT2D eigenvalue weighted by atomic mass is 10.2. The first-order valence-corrected chi connectivity index (χ1v) is 50.1. The largest absolute Gasteiger partial charge is 0.491 e. The summed E-state index contributed by atoms with van der Waals surface area (Å²) >= 11 is 3.54. The Balaban J connectivity index is 0.000000115. The van der Waals surface area contributed by atoms with Crippen molar-refractivity contribution in [3.63, 3.8) is 0 Å². The molecule has 0 atom stereocenters. The number of aliphatic hydroxyl groups is 5. The zero-order chi connectivity index (χ0) is 86.0. The Morgan fingerprint density at radius 1 is 0.360 bits per heavy atom. The van der Waals surface area contributed by atoms with E-state index in [2.05, 4.69) is 158 Å². The van der Waals surface area contributed by atoms with E-state index in [0.717, 1.165) is 92.2 Å². The van der Waals surface area contributed by atoms with Crippen LogP contribution in [0.25, 0.3) is 25.1 Å². The molecule has 15 aromatic carbocycles. The number of sulfone groups is 1. The van der Waals surface area contributed by atoms with E-state index in [1.54, 1.807) is 36.0 Å². The Morgan fingerprint density at radius 2 is 0.728 bits per heavy atom. The number of esters is 1. The number of hydrogen-bond donors (Lipinski definition) is 5. The highest BCUT2D eigenvalue weighted by Gasteiger charge is 2.43. The van der Waals surface area contributed by atoms with E-state index in [1.165, 1.54) is 64.3 Å². The molecule has 626 valence electrons. The van der Waals surface area contributed by atoms with Crippen LogP contribution in [0.3, 0.4) is 0 Å². The van der Waals surface area contributed by atoms with Crippen molar-refractivity contribution >= 4 is 114 Å². The monoisotopic (exact) mass is 1800 g/mol. The van der Waals surface area contributed by atoms with E-state index >= 15 is 0 Å². The molecule has 0 unspecified atom stereocenters. The third-order valence-corrected chi connectivity index (χ3v) is 35.9. The summed E-state index contributed by atoms with van der Waals surface area (Å²) in [7, 11) is -4.64. The van der Waals surface area contributed by atoms with Crippen LogP contribution in [0, 0.1) is 0 Å². The lowest BCUT2D eigenvalue weighted by molar-refractivity contribution is 0.0482. The van der Waals surface area contributed by atoms with Crippen molar-refractivity contribution in [3.8, 4) is 45.1 Å². The molecular weight excluding hydrogens is 1720 g/mol. The Labute approximate surface area is 749 Å². The first-order chi connectivity index (χ1) is 61.4. The quantitative estimate of drug-likeness (QED) is 0.0158. The molecule has 0 amide bonds. The van der Waals surface area contributed by atoms with Crippen LogP contribution in [0.15, 0.2) is 447 Å². The van der Waals surface area contributed by atoms with Gasteiger partial charge in [-0.1, -0.05) is 145 Å². The van der Waals surface area contributed by atoms with Gasteiger partial charge in [0.25, 0.3) is 0 Å². The standard InChI is InChI=1S/C23H19O4S.C20H17O4S2.C20H17O3S.C20H17O2S2.C20H17OS2/c24-14-5-15-27-23(26)16-10-12-17(13-11-16)28-20-8-3-1-6-18(20)22(25)19-7-2-4-9-21(19)28;21-13-14-26(22,23)16-11-9-15(10-12-16)25-19-7-3-1-5-17(19)24-18-6-2-4-8-20(18)25;21-13-14-22-15-9-11-16(12-10-15)24-19-7-3-1-5-17(19)23-18-6-2-4-8-20(18)24;21-13-14-23-15-9-11-16(12-10-15)24-19-7-3-1-5-17(19)22-18-6-2-4-8-20(18)24;21-14-13-15-9-11-16(12-10-15)23-19-7-3-1-5-17(19)22-18-6-2-4-8-20(18)23/h1-4,6-13,24H,5,14-15H2;1-12,21H,13-14H2;2*1-12,21H,13-14H2;1-12,21H,13-14H2/q5*+1. The molecule has 4 aliphatic heterocycles. The molecule has 125 heavy (non-hydrogen) atoms. The predicted octanol–water partition coefficient (Wildman–Crippen LogP) is 22.3. The van der Waals surface area contributed by atoms with Gasteiger partial charge < -0.3 is 49.2 Å². The van der Waals surface area contributed by atoms with Crippen molar-refractivity contribution in [2.75, 3.05) is 57.8 Å². The molecule has 0 saturated carbocycles. The van der Waals surface area contributed by atoms with Gasteiger partial charge in [-0.3, -0.25) is 4.79 Å². The summed E-state index contributed by atoms with van der Waals surface area (Å²) in [5.41, 5.74) is 1.71. The summed E-state index contributed by atoms with van der Waals surface area (Å²) in [4.78, 5) is 44.8. The fourth-order valence-corrected chi connectivity index (χ4v) is 28.8. The van der Waals surface area contributed by atoms with Gasteiger partial charge >= 0.3 is 5.97 Å². The van der Waals surface area contributed by atoms with E-state index in [0.29, 0.717) is 18.6 Å². The maximum atomic E-state index is 12.9. The average Bonchev–Trinajstić information content (AvgIpc) is 0.740. The molecule has 0 saturated heterocycles. The summed E-state index contributed by atoms with van der Waals surface area (Å²) in [5.74, 6) is 6.20. The average molecular weight is 1810 g/mol. The Kier molecular flexibility index (Phi) is 29.1. The van der Waals surface area contributed by atoms with Crippen molar-refractivity contribution in [2.45, 2.75) is 91.2 Å². The topological polar surface area (TPSA) is 216 Å². The van der Waals surface area contributed by atoms with E-state index < -0.39 is 26.3 Å². The lowest BCUT2D eigenvalue weighted by Gasteiger charge is -2.19. The molecule has 0 bridgehead atoms. The number of carbonyl (C=O) groups is 1. The molecule has 0 spiro atoms. The summed E-state index contributed by atoms with van der Waals surface area (Å²) in [6.07, 6.45) is 1.14. The SMILES string of the molecule is O=C(OCCCO)c1ccc(-[s+]2c3ccccc3c(=O)c3ccccc32)cc1.O=S(=O)(CCO)c1ccc([S+]2c3ccccc3Oc3ccccc32)cc1.OCCOc1ccc([S+]2c3ccccc3Oc3ccccc32)cc1.OCCSc1ccc([S+]2c3ccccc3Oc3ccccc32)cc1.OCCc1ccc([S+]2c3ccccc3Sc3ccccc32)cc1. The second kappa shape index (κ2) is 41.7. The van der Waals surface area contributed by atoms with Crippen LogP contribution in [0.4, 0.5) is 0 Å². The van der Waals surface area contributed by atoms with Crippen LogP contribution >= 0.6 is 34.0 Å². The highest BCUT2D eigenvalue weighted by molar-refractivity contribution is 8.04. The minimum Gasteiger partial charge on any atom is -0.491 e. The molecule has 14 nitrogen and oxygen atoms in total. The molecule has 4 aliphatic rings. The fourth-order valence-electron chi connectivity index (χ4n) is 14.4. The highest BCUT2D eigenvalue weighted by Crippen LogP contribution is 2.52. The zero-order valence-electron chi connectivity index (χ0n) is 67.6. The van der Waals surface area contributed by atoms with Gasteiger partial charge in [-0.15, -0.1) is 11.8 Å². The third-order valence-electron chi connectivity index (χ3n) is 20.2. The van der Waals surface area contributed by atoms with Gasteiger partial charge in [0.05, 0.1) is 63.2 Å². The van der Waals surface area contributed by atoms with Crippen LogP contribution in [0.2, 0.25) is 0 Å². The first kappa shape index (κ1) is 87.2. The molecule has 16 aromatic rings. The maximum absolute atomic E-state index is 12.9. The van der Waals surface area contributed by atoms with Crippen LogP contribution in [-0.2, 0) is 64.6 Å². The van der Waals surface area contributed by atoms with E-state index in [-0.39, 0.29) is 99.3 Å². The molecule has 0 aliphatic carbocycles. The number of fused-ring (bicyclic) bond motifs is 10. The highest BCUT2D eigenvalue weighted by atomic mass is 32.2. The van der Waals surface area contributed by atoms with Crippen LogP contribution < -0.4 is 24.4 Å². The van der Waals surface area contributed by atoms with E-state index in [4.69, 9.17) is 49.2 Å². The van der Waals surface area contributed by atoms with Crippen molar-refractivity contribution < 1.29 is 62.4 Å². The molecule has 20 rings (SSSR count). The summed E-state index contributed by atoms with van der Waals surface area (Å²) < 4.78 is 55.1. The number of hydrogen-bond acceptors (Lipinski definition) is 16. The molecule has 0 fully saturated rings. The Hall–Kier alpha value is -11.3. The zero-order valence-corrected chi connectivity index (χ0v) is 74.1. The second-order valence-electron chi connectivity index (χ2n) is 28.3. The number of ether oxygens (including phenoxy) is 5. The molecule has 22 heteroatoms. The van der Waals surface area contributed by atoms with Gasteiger partial charge in [-0.2, -0.15) is 0 Å². The first-order valence-electron chi connectivity index (χ1n) is 40.5. The minimum atomic E-state index is -3.45. The number of benzene rings is 15. The van der Waals surface area contributed by atoms with Crippen molar-refractivity contribution in [1.82, 2.24) is 0 Å². The normalized spacial score (nSPS) is 12.7. The van der Waals surface area contributed by atoms with Crippen molar-refractivity contribution in [1.29, 1.82) is 0 Å². The maximum Gasteiger partial charge on any atom is 0.338 e. The van der Waals surface area contributed by atoms with E-state index in [1.807, 2.05) is 194 Å². The van der Waals surface area contributed by atoms with Gasteiger partial charge in [-0.25, -0.2) is 13.2 Å². The number of carbonyl (C=O) groups excluding carboxylic acids is 1. The summed E-state index contributed by atoms with van der Waals surface area (Å²) in [6, 6.07) is 121. The van der Waals surface area contributed by atoms with Gasteiger partial charge in [-0.05, 0) is 243 Å². The van der Waals surface area contributed by atoms with Gasteiger partial charge in [0.1, 0.15) is 55.9 Å². The van der Waals surface area contributed by atoms with Crippen molar-refractivity contribution in [3.05, 3.63) is 385 Å². The summed E-state index contributed by atoms with van der Waals surface area (Å²) in [5, 5.41) is 46.1. The summed E-state index contributed by atoms with van der Waals surface area (Å²) in [6.45, 7) is 0.542. The Bertz CT molecular complexity index is 6230. The smallest absolute Gasteiger partial charge is 0.338 e. The molecule has 1 aromatic heterocycles. The van der Waals surface area contributed by atoms with Crippen molar-refractivity contribution in [2.24, 2.45) is 0 Å². The number of rotatable bonds is 20. The van der Waals surface area contributed by atoms with Gasteiger partial charge in [0.15, 0.2) is 88.0 Å². The third kappa shape index (κ3) is 20.0. The minimum absolute atomic E-state index is 0.00738. The number of para-hydroxylation sites is 6. The molecule has 5 heterocycles. The van der Waals surface area contributed by atoms with E-state index in [9.17, 15) is 18.0 Å². The predicted molar refractivity (Wildman–Crippen MR) is 504 cm³/mol. The van der Waals surface area contributed by atoms with Crippen LogP contribution in [0.1, 0.15) is 22.3 Å². The second-order valence-corrected chi connectivity index (χ2v) is 42.5. The molecular formula is C103H87O14S8+5. The number of thioether (sulfide) groups is 1. The Morgan fingerprint density at radius 3 is 1.14 bits per heavy atom. The van der Waals surface area contributed by atoms with Gasteiger partial charge in [0.2, 0.25) is 34.8 Å². The lowest BCUT2D eigenvalue weighted by Crippen LogP contribution is -2.13. The van der Waals surface area contributed by atoms with Gasteiger partial charge in [0, 0.05) is 40.8 Å². The van der Waals surface area contributed by atoms with Crippen LogP contribution in [0.5, 0.6) is 40.2 Å². The molecule has 0 radical (unpaired) electrons. The molecule has 5 N–H and O–H groups in total. The van der Waals surface area contributed by atoms with Crippen LogP contribution in [-0.4, -0.2) is 97.7 Å².